The van der Waals surface area contributed by atoms with Gasteiger partial charge in [0.25, 0.3) is 0 Å². The van der Waals surface area contributed by atoms with Gasteiger partial charge in [0.15, 0.2) is 0 Å². The third-order valence-electron chi connectivity index (χ3n) is 2.34. The van der Waals surface area contributed by atoms with Crippen LogP contribution in [0.15, 0.2) is 30.6 Å². The molecule has 0 radical (unpaired) electrons. The van der Waals surface area contributed by atoms with E-state index in [1.807, 2.05) is 13.2 Å². The number of halogens is 2. The lowest BCUT2D eigenvalue weighted by atomic mass is 10.2. The molecule has 2 rings (SSSR count). The predicted octanol–water partition coefficient (Wildman–Crippen LogP) is 1.99. The molecule has 0 fully saturated rings. The van der Waals surface area contributed by atoms with Crippen LogP contribution < -0.4 is 5.32 Å². The summed E-state index contributed by atoms with van der Waals surface area (Å²) in [6.07, 6.45) is 3.64. The van der Waals surface area contributed by atoms with Crippen molar-refractivity contribution in [2.45, 2.75) is 13.1 Å². The van der Waals surface area contributed by atoms with Crippen LogP contribution in [-0.4, -0.2) is 9.78 Å². The molecule has 0 aliphatic rings. The zero-order valence-electron chi connectivity index (χ0n) is 9.45. The lowest BCUT2D eigenvalue weighted by Crippen LogP contribution is -2.12. The summed E-state index contributed by atoms with van der Waals surface area (Å²) in [7, 11) is 1.84. The molecule has 3 nitrogen and oxygen atoms in total. The molecule has 0 spiro atoms. The smallest absolute Gasteiger partial charge is 0.126 e. The number of nitrogens with zero attached hydrogens (tertiary/aromatic N) is 2. The molecular weight excluding hydrogens is 224 g/mol. The van der Waals surface area contributed by atoms with Crippen LogP contribution in [-0.2, 0) is 20.1 Å². The molecule has 90 valence electrons. The van der Waals surface area contributed by atoms with Crippen molar-refractivity contribution >= 4 is 0 Å². The van der Waals surface area contributed by atoms with Crippen LogP contribution in [0.2, 0.25) is 0 Å². The highest BCUT2D eigenvalue weighted by Crippen LogP contribution is 2.07. The van der Waals surface area contributed by atoms with Crippen LogP contribution in [0.25, 0.3) is 0 Å². The second-order valence-corrected chi connectivity index (χ2v) is 3.90. The van der Waals surface area contributed by atoms with Crippen molar-refractivity contribution in [3.63, 3.8) is 0 Å². The molecule has 0 unspecified atom stereocenters. The van der Waals surface area contributed by atoms with E-state index >= 15 is 0 Å². The molecule has 0 atom stereocenters. The first-order chi connectivity index (χ1) is 8.13. The summed E-state index contributed by atoms with van der Waals surface area (Å²) in [6, 6.07) is 3.50. The third kappa shape index (κ3) is 3.35. The monoisotopic (exact) mass is 237 g/mol. The Labute approximate surface area is 98.1 Å². The van der Waals surface area contributed by atoms with Crippen LogP contribution in [0, 0.1) is 11.6 Å². The average Bonchev–Trinajstić information content (AvgIpc) is 2.63. The van der Waals surface area contributed by atoms with Gasteiger partial charge in [-0.15, -0.1) is 0 Å². The Morgan fingerprint density at radius 2 is 1.76 bits per heavy atom. The Kier molecular flexibility index (Phi) is 3.49. The van der Waals surface area contributed by atoms with E-state index in [1.165, 1.54) is 12.1 Å². The van der Waals surface area contributed by atoms with Crippen LogP contribution in [0.5, 0.6) is 0 Å². The maximum absolute atomic E-state index is 12.9. The van der Waals surface area contributed by atoms with Gasteiger partial charge >= 0.3 is 0 Å². The van der Waals surface area contributed by atoms with Crippen molar-refractivity contribution in [1.29, 1.82) is 0 Å². The van der Waals surface area contributed by atoms with Crippen molar-refractivity contribution in [3.8, 4) is 0 Å². The number of hydrogen-bond donors (Lipinski definition) is 1. The van der Waals surface area contributed by atoms with Gasteiger partial charge in [0.05, 0.1) is 6.20 Å². The number of rotatable bonds is 4. The summed E-state index contributed by atoms with van der Waals surface area (Å²) >= 11 is 0. The van der Waals surface area contributed by atoms with Crippen LogP contribution in [0.4, 0.5) is 8.78 Å². The lowest BCUT2D eigenvalue weighted by molar-refractivity contribution is 0.575. The van der Waals surface area contributed by atoms with E-state index in [0.29, 0.717) is 18.7 Å². The van der Waals surface area contributed by atoms with Crippen molar-refractivity contribution in [3.05, 3.63) is 53.4 Å². The highest BCUT2D eigenvalue weighted by atomic mass is 19.1. The summed E-state index contributed by atoms with van der Waals surface area (Å²) < 4.78 is 27.5. The highest BCUT2D eigenvalue weighted by molar-refractivity contribution is 5.17. The second-order valence-electron chi connectivity index (χ2n) is 3.90. The topological polar surface area (TPSA) is 29.9 Å². The van der Waals surface area contributed by atoms with Crippen molar-refractivity contribution < 1.29 is 8.78 Å². The minimum absolute atomic E-state index is 0.420. The predicted molar refractivity (Wildman–Crippen MR) is 60.1 cm³/mol. The summed E-state index contributed by atoms with van der Waals surface area (Å²) in [5.41, 5.74) is 1.62. The van der Waals surface area contributed by atoms with E-state index < -0.39 is 11.6 Å². The second kappa shape index (κ2) is 5.05. The van der Waals surface area contributed by atoms with Gasteiger partial charge in [-0.1, -0.05) is 0 Å². The molecule has 0 aliphatic carbocycles. The largest absolute Gasteiger partial charge is 0.308 e. The molecular formula is C12H13F2N3. The molecule has 1 aromatic heterocycles. The van der Waals surface area contributed by atoms with Gasteiger partial charge < -0.3 is 5.32 Å². The number of nitrogens with one attached hydrogen (secondary N) is 1. The van der Waals surface area contributed by atoms with Gasteiger partial charge in [-0.25, -0.2) is 8.78 Å². The van der Waals surface area contributed by atoms with Gasteiger partial charge in [-0.2, -0.15) is 5.10 Å². The van der Waals surface area contributed by atoms with Crippen LogP contribution in [0.1, 0.15) is 11.1 Å². The first kappa shape index (κ1) is 11.7. The van der Waals surface area contributed by atoms with E-state index in [4.69, 9.17) is 0 Å². The minimum atomic E-state index is -0.553. The number of hydrogen-bond acceptors (Lipinski definition) is 2. The molecule has 1 heterocycles. The fourth-order valence-corrected chi connectivity index (χ4v) is 1.63. The Hall–Kier alpha value is -1.75. The van der Waals surface area contributed by atoms with Gasteiger partial charge in [-0.05, 0) is 17.7 Å². The van der Waals surface area contributed by atoms with E-state index in [-0.39, 0.29) is 0 Å². The summed E-state index contributed by atoms with van der Waals surface area (Å²) in [6.45, 7) is 1.04. The minimum Gasteiger partial charge on any atom is -0.308 e. The van der Waals surface area contributed by atoms with Crippen LogP contribution in [0.3, 0.4) is 0 Å². The van der Waals surface area contributed by atoms with Crippen molar-refractivity contribution in [1.82, 2.24) is 15.1 Å². The molecule has 17 heavy (non-hydrogen) atoms. The number of aryl methyl sites for hydroxylation is 1. The van der Waals surface area contributed by atoms with Crippen molar-refractivity contribution in [2.75, 3.05) is 0 Å². The molecule has 0 saturated carbocycles. The Morgan fingerprint density at radius 1 is 1.12 bits per heavy atom. The molecule has 1 N–H and O–H groups in total. The van der Waals surface area contributed by atoms with E-state index in [9.17, 15) is 8.78 Å². The molecule has 1 aromatic carbocycles. The maximum Gasteiger partial charge on any atom is 0.126 e. The van der Waals surface area contributed by atoms with Gasteiger partial charge in [0.1, 0.15) is 11.6 Å². The summed E-state index contributed by atoms with van der Waals surface area (Å²) in [5, 5.41) is 7.13. The highest BCUT2D eigenvalue weighted by Gasteiger charge is 2.01. The summed E-state index contributed by atoms with van der Waals surface area (Å²) in [4.78, 5) is 0. The van der Waals surface area contributed by atoms with Crippen molar-refractivity contribution in [2.24, 2.45) is 7.05 Å². The van der Waals surface area contributed by atoms with Gasteiger partial charge in [-0.3, -0.25) is 4.68 Å². The van der Waals surface area contributed by atoms with Gasteiger partial charge in [0, 0.05) is 38.0 Å². The molecule has 0 aliphatic heterocycles. The molecule has 0 bridgehead atoms. The normalized spacial score (nSPS) is 10.8. The average molecular weight is 237 g/mol. The Balaban J connectivity index is 1.89. The SMILES string of the molecule is Cn1cc(CNCc2cc(F)cc(F)c2)cn1. The first-order valence-corrected chi connectivity index (χ1v) is 5.27. The molecule has 0 saturated heterocycles. The number of benzene rings is 1. The molecule has 0 amide bonds. The first-order valence-electron chi connectivity index (χ1n) is 5.27. The number of aromatic nitrogens is 2. The quantitative estimate of drug-likeness (QED) is 0.881. The fraction of sp³-hybridized carbons (Fsp3) is 0.250. The Bertz CT molecular complexity index is 488. The van der Waals surface area contributed by atoms with E-state index in [2.05, 4.69) is 10.4 Å². The maximum atomic E-state index is 12.9. The summed E-state index contributed by atoms with van der Waals surface area (Å²) in [5.74, 6) is -1.11. The fourth-order valence-electron chi connectivity index (χ4n) is 1.63. The zero-order valence-corrected chi connectivity index (χ0v) is 9.45. The standard InChI is InChI=1S/C12H13F2N3/c1-17-8-10(7-16-17)6-15-5-9-2-11(13)4-12(14)3-9/h2-4,7-8,15H,5-6H2,1H3. The van der Waals surface area contributed by atoms with Gasteiger partial charge in [0.2, 0.25) is 0 Å². The van der Waals surface area contributed by atoms with E-state index in [1.54, 1.807) is 10.9 Å². The third-order valence-corrected chi connectivity index (χ3v) is 2.34. The Morgan fingerprint density at radius 3 is 2.35 bits per heavy atom. The van der Waals surface area contributed by atoms with E-state index in [0.717, 1.165) is 11.6 Å². The zero-order chi connectivity index (χ0) is 12.3. The molecule has 2 aromatic rings. The lowest BCUT2D eigenvalue weighted by Gasteiger charge is -2.03. The molecule has 5 heteroatoms. The van der Waals surface area contributed by atoms with Crippen LogP contribution >= 0.6 is 0 Å².